The molecule has 100 valence electrons. The molecular formula is C15H24N2O. The van der Waals surface area contributed by atoms with Crippen molar-refractivity contribution in [3.05, 3.63) is 29.8 Å². The van der Waals surface area contributed by atoms with Gasteiger partial charge in [0.05, 0.1) is 6.61 Å². The highest BCUT2D eigenvalue weighted by Crippen LogP contribution is 2.30. The highest BCUT2D eigenvalue weighted by Gasteiger charge is 2.33. The molecule has 1 aromatic rings. The van der Waals surface area contributed by atoms with E-state index in [2.05, 4.69) is 43.1 Å². The van der Waals surface area contributed by atoms with Gasteiger partial charge in [0.1, 0.15) is 0 Å². The normalized spacial score (nSPS) is 23.9. The van der Waals surface area contributed by atoms with Crippen LogP contribution in [0.5, 0.6) is 0 Å². The molecule has 0 spiro atoms. The molecule has 3 nitrogen and oxygen atoms in total. The number of hydrogen-bond acceptors (Lipinski definition) is 3. The molecule has 1 fully saturated rings. The summed E-state index contributed by atoms with van der Waals surface area (Å²) in [4.78, 5) is 2.32. The molecule has 1 aromatic carbocycles. The minimum atomic E-state index is 0.120. The number of rotatable bonds is 4. The molecule has 0 saturated carbocycles. The number of anilines is 1. The topological polar surface area (TPSA) is 38.5 Å². The van der Waals surface area contributed by atoms with Gasteiger partial charge in [-0.15, -0.1) is 0 Å². The first-order valence-corrected chi connectivity index (χ1v) is 6.71. The summed E-state index contributed by atoms with van der Waals surface area (Å²) >= 11 is 0. The third-order valence-corrected chi connectivity index (χ3v) is 3.94. The molecule has 0 radical (unpaired) electrons. The Balaban J connectivity index is 2.10. The molecule has 1 unspecified atom stereocenters. The first-order valence-electron chi connectivity index (χ1n) is 6.71. The Bertz CT molecular complexity index is 386. The SMILES string of the molecule is Cc1ccccc1N(C)CC1(CN)CCCOC1. The fourth-order valence-corrected chi connectivity index (χ4v) is 2.84. The maximum atomic E-state index is 6.00. The molecule has 0 aromatic heterocycles. The summed E-state index contributed by atoms with van der Waals surface area (Å²) in [6.07, 6.45) is 2.29. The van der Waals surface area contributed by atoms with Crippen molar-refractivity contribution in [1.29, 1.82) is 0 Å². The van der Waals surface area contributed by atoms with E-state index in [9.17, 15) is 0 Å². The molecule has 0 amide bonds. The van der Waals surface area contributed by atoms with Crippen LogP contribution in [0, 0.1) is 12.3 Å². The van der Waals surface area contributed by atoms with Crippen molar-refractivity contribution in [3.63, 3.8) is 0 Å². The maximum absolute atomic E-state index is 6.00. The summed E-state index contributed by atoms with van der Waals surface area (Å²) in [6, 6.07) is 8.49. The minimum Gasteiger partial charge on any atom is -0.381 e. The van der Waals surface area contributed by atoms with Gasteiger partial charge in [-0.25, -0.2) is 0 Å². The second-order valence-corrected chi connectivity index (χ2v) is 5.50. The van der Waals surface area contributed by atoms with Crippen LogP contribution in [0.3, 0.4) is 0 Å². The van der Waals surface area contributed by atoms with Crippen LogP contribution in [0.2, 0.25) is 0 Å². The lowest BCUT2D eigenvalue weighted by molar-refractivity contribution is 0.00169. The molecule has 1 atom stereocenters. The number of para-hydroxylation sites is 1. The Kier molecular flexibility index (Phi) is 4.25. The summed E-state index contributed by atoms with van der Waals surface area (Å²) in [5, 5.41) is 0. The number of hydrogen-bond donors (Lipinski definition) is 1. The number of ether oxygens (including phenoxy) is 1. The van der Waals surface area contributed by atoms with E-state index in [1.807, 2.05) is 0 Å². The van der Waals surface area contributed by atoms with Gasteiger partial charge < -0.3 is 15.4 Å². The molecule has 2 rings (SSSR count). The van der Waals surface area contributed by atoms with Gasteiger partial charge >= 0.3 is 0 Å². The Morgan fingerprint density at radius 3 is 2.78 bits per heavy atom. The van der Waals surface area contributed by atoms with Gasteiger partial charge in [0.25, 0.3) is 0 Å². The Labute approximate surface area is 110 Å². The third kappa shape index (κ3) is 2.85. The number of aryl methyl sites for hydroxylation is 1. The summed E-state index contributed by atoms with van der Waals surface area (Å²) in [7, 11) is 2.15. The van der Waals surface area contributed by atoms with Crippen molar-refractivity contribution in [3.8, 4) is 0 Å². The summed E-state index contributed by atoms with van der Waals surface area (Å²) in [5.41, 5.74) is 8.71. The molecule has 18 heavy (non-hydrogen) atoms. The summed E-state index contributed by atoms with van der Waals surface area (Å²) in [6.45, 7) is 5.49. The fourth-order valence-electron chi connectivity index (χ4n) is 2.84. The zero-order valence-electron chi connectivity index (χ0n) is 11.5. The number of benzene rings is 1. The zero-order valence-corrected chi connectivity index (χ0v) is 11.5. The molecule has 1 aliphatic heterocycles. The van der Waals surface area contributed by atoms with Crippen LogP contribution in [0.4, 0.5) is 5.69 Å². The maximum Gasteiger partial charge on any atom is 0.0551 e. The molecular weight excluding hydrogens is 224 g/mol. The second kappa shape index (κ2) is 5.72. The predicted octanol–water partition coefficient (Wildman–Crippen LogP) is 2.19. The lowest BCUT2D eigenvalue weighted by Crippen LogP contribution is -2.47. The van der Waals surface area contributed by atoms with E-state index in [0.717, 1.165) is 26.2 Å². The molecule has 2 N–H and O–H groups in total. The van der Waals surface area contributed by atoms with E-state index in [-0.39, 0.29) is 5.41 Å². The van der Waals surface area contributed by atoms with Gasteiger partial charge in [-0.1, -0.05) is 18.2 Å². The van der Waals surface area contributed by atoms with Gasteiger partial charge in [-0.05, 0) is 31.4 Å². The molecule has 1 aliphatic rings. The fraction of sp³-hybridized carbons (Fsp3) is 0.600. The average Bonchev–Trinajstić information content (AvgIpc) is 2.40. The van der Waals surface area contributed by atoms with E-state index in [4.69, 9.17) is 10.5 Å². The van der Waals surface area contributed by atoms with Crippen LogP contribution >= 0.6 is 0 Å². The Hall–Kier alpha value is -1.06. The lowest BCUT2D eigenvalue weighted by atomic mass is 9.82. The van der Waals surface area contributed by atoms with Crippen molar-refractivity contribution in [2.75, 3.05) is 38.3 Å². The predicted molar refractivity (Wildman–Crippen MR) is 76.0 cm³/mol. The van der Waals surface area contributed by atoms with Gasteiger partial charge in [-0.2, -0.15) is 0 Å². The van der Waals surface area contributed by atoms with E-state index in [0.29, 0.717) is 6.54 Å². The van der Waals surface area contributed by atoms with Crippen LogP contribution in [-0.2, 0) is 4.74 Å². The standard InChI is InChI=1S/C15H24N2O/c1-13-6-3-4-7-14(13)17(2)11-15(10-16)8-5-9-18-12-15/h3-4,6-7H,5,8-12,16H2,1-2H3. The highest BCUT2D eigenvalue weighted by molar-refractivity contribution is 5.52. The van der Waals surface area contributed by atoms with Gasteiger partial charge in [0, 0.05) is 37.8 Å². The Morgan fingerprint density at radius 1 is 1.39 bits per heavy atom. The lowest BCUT2D eigenvalue weighted by Gasteiger charge is -2.39. The minimum absolute atomic E-state index is 0.120. The van der Waals surface area contributed by atoms with E-state index < -0.39 is 0 Å². The van der Waals surface area contributed by atoms with Crippen LogP contribution in [-0.4, -0.2) is 33.4 Å². The van der Waals surface area contributed by atoms with Crippen LogP contribution < -0.4 is 10.6 Å². The monoisotopic (exact) mass is 248 g/mol. The van der Waals surface area contributed by atoms with Crippen molar-refractivity contribution in [2.24, 2.45) is 11.1 Å². The van der Waals surface area contributed by atoms with E-state index in [1.165, 1.54) is 17.7 Å². The van der Waals surface area contributed by atoms with Gasteiger partial charge in [0.2, 0.25) is 0 Å². The first-order chi connectivity index (χ1) is 8.67. The van der Waals surface area contributed by atoms with Crippen LogP contribution in [0.25, 0.3) is 0 Å². The van der Waals surface area contributed by atoms with Crippen LogP contribution in [0.1, 0.15) is 18.4 Å². The van der Waals surface area contributed by atoms with Crippen molar-refractivity contribution in [1.82, 2.24) is 0 Å². The number of nitrogens with zero attached hydrogens (tertiary/aromatic N) is 1. The Morgan fingerprint density at radius 2 is 2.17 bits per heavy atom. The molecule has 1 saturated heterocycles. The van der Waals surface area contributed by atoms with Crippen molar-refractivity contribution < 1.29 is 4.74 Å². The largest absolute Gasteiger partial charge is 0.381 e. The first kappa shape index (κ1) is 13.4. The smallest absolute Gasteiger partial charge is 0.0551 e. The number of nitrogens with two attached hydrogens (primary N) is 1. The van der Waals surface area contributed by atoms with Crippen molar-refractivity contribution in [2.45, 2.75) is 19.8 Å². The van der Waals surface area contributed by atoms with Gasteiger partial charge in [-0.3, -0.25) is 0 Å². The van der Waals surface area contributed by atoms with E-state index >= 15 is 0 Å². The molecule has 3 heteroatoms. The van der Waals surface area contributed by atoms with Crippen molar-refractivity contribution >= 4 is 5.69 Å². The zero-order chi connectivity index (χ0) is 13.0. The summed E-state index contributed by atoms with van der Waals surface area (Å²) < 4.78 is 5.64. The average molecular weight is 248 g/mol. The third-order valence-electron chi connectivity index (χ3n) is 3.94. The second-order valence-electron chi connectivity index (χ2n) is 5.50. The molecule has 1 heterocycles. The van der Waals surface area contributed by atoms with E-state index in [1.54, 1.807) is 0 Å². The molecule has 0 aliphatic carbocycles. The molecule has 0 bridgehead atoms. The quantitative estimate of drug-likeness (QED) is 0.887. The van der Waals surface area contributed by atoms with Gasteiger partial charge in [0.15, 0.2) is 0 Å². The highest BCUT2D eigenvalue weighted by atomic mass is 16.5. The summed E-state index contributed by atoms with van der Waals surface area (Å²) in [5.74, 6) is 0. The van der Waals surface area contributed by atoms with Crippen LogP contribution in [0.15, 0.2) is 24.3 Å².